The Labute approximate surface area is 100 Å². The molecule has 1 atom stereocenters. The van der Waals surface area contributed by atoms with Gasteiger partial charge >= 0.3 is 5.97 Å². The molecule has 3 heteroatoms. The second kappa shape index (κ2) is 4.95. The van der Waals surface area contributed by atoms with Crippen molar-refractivity contribution in [3.8, 4) is 0 Å². The number of carbonyl (C=O) groups excluding carboxylic acids is 1. The smallest absolute Gasteiger partial charge is 0.313 e. The summed E-state index contributed by atoms with van der Waals surface area (Å²) in [5, 5.41) is 1.04. The van der Waals surface area contributed by atoms with Gasteiger partial charge in [0.1, 0.15) is 0 Å². The zero-order valence-corrected chi connectivity index (χ0v) is 10.0. The highest BCUT2D eigenvalue weighted by atomic mass is 16.5. The number of carbonyl (C=O) groups is 1. The Morgan fingerprint density at radius 2 is 2.24 bits per heavy atom. The van der Waals surface area contributed by atoms with Crippen LogP contribution in [-0.2, 0) is 9.53 Å². The van der Waals surface area contributed by atoms with Crippen LogP contribution < -0.4 is 0 Å². The van der Waals surface area contributed by atoms with E-state index < -0.39 is 0 Å². The second-order valence-corrected chi connectivity index (χ2v) is 3.93. The second-order valence-electron chi connectivity index (χ2n) is 3.93. The van der Waals surface area contributed by atoms with Gasteiger partial charge in [-0.15, -0.1) is 0 Å². The predicted molar refractivity (Wildman–Crippen MR) is 66.8 cm³/mol. The number of hydrogen-bond acceptors (Lipinski definition) is 3. The third kappa shape index (κ3) is 2.44. The molecule has 0 fully saturated rings. The van der Waals surface area contributed by atoms with Gasteiger partial charge in [0.2, 0.25) is 0 Å². The number of ether oxygens (including phenoxy) is 1. The van der Waals surface area contributed by atoms with Gasteiger partial charge in [-0.05, 0) is 37.6 Å². The highest BCUT2D eigenvalue weighted by molar-refractivity contribution is 5.83. The molecule has 17 heavy (non-hydrogen) atoms. The largest absolute Gasteiger partial charge is 0.466 e. The van der Waals surface area contributed by atoms with Crippen LogP contribution in [0.3, 0.4) is 0 Å². The minimum atomic E-state index is -0.237. The van der Waals surface area contributed by atoms with Gasteiger partial charge in [-0.3, -0.25) is 9.78 Å². The lowest BCUT2D eigenvalue weighted by Crippen LogP contribution is -2.12. The molecule has 0 bridgehead atoms. The van der Waals surface area contributed by atoms with E-state index in [1.54, 1.807) is 6.20 Å². The highest BCUT2D eigenvalue weighted by Gasteiger charge is 2.16. The predicted octanol–water partition coefficient (Wildman–Crippen LogP) is 2.90. The summed E-state index contributed by atoms with van der Waals surface area (Å²) in [5.41, 5.74) is 1.90. The van der Waals surface area contributed by atoms with Crippen LogP contribution in [0.4, 0.5) is 0 Å². The fourth-order valence-electron chi connectivity index (χ4n) is 1.77. The van der Waals surface area contributed by atoms with Gasteiger partial charge in [0, 0.05) is 11.6 Å². The minimum absolute atomic E-state index is 0.184. The van der Waals surface area contributed by atoms with Crippen molar-refractivity contribution in [3.05, 3.63) is 42.1 Å². The Hall–Kier alpha value is -1.90. The van der Waals surface area contributed by atoms with Crippen molar-refractivity contribution in [1.29, 1.82) is 0 Å². The summed E-state index contributed by atoms with van der Waals surface area (Å²) < 4.78 is 5.02. The first kappa shape index (κ1) is 11.6. The fraction of sp³-hybridized carbons (Fsp3) is 0.286. The van der Waals surface area contributed by atoms with E-state index in [0.29, 0.717) is 6.61 Å². The number of fused-ring (bicyclic) bond motifs is 1. The summed E-state index contributed by atoms with van der Waals surface area (Å²) in [6.45, 7) is 4.09. The number of rotatable bonds is 3. The van der Waals surface area contributed by atoms with Crippen LogP contribution in [-0.4, -0.2) is 17.6 Å². The number of benzene rings is 1. The SMILES string of the molecule is CCOC(=O)C(C)c1ccc2ncccc2c1. The van der Waals surface area contributed by atoms with E-state index in [4.69, 9.17) is 4.74 Å². The van der Waals surface area contributed by atoms with Crippen LogP contribution in [0.25, 0.3) is 10.9 Å². The van der Waals surface area contributed by atoms with Crippen molar-refractivity contribution in [2.45, 2.75) is 19.8 Å². The maximum absolute atomic E-state index is 11.6. The summed E-state index contributed by atoms with van der Waals surface area (Å²) in [6.07, 6.45) is 1.76. The van der Waals surface area contributed by atoms with Gasteiger partial charge in [0.15, 0.2) is 0 Å². The summed E-state index contributed by atoms with van der Waals surface area (Å²) in [4.78, 5) is 15.9. The third-order valence-corrected chi connectivity index (χ3v) is 2.77. The Balaban J connectivity index is 2.32. The molecule has 0 saturated heterocycles. The van der Waals surface area contributed by atoms with Crippen LogP contribution in [0.5, 0.6) is 0 Å². The Bertz CT molecular complexity index is 536. The molecular weight excluding hydrogens is 214 g/mol. The van der Waals surface area contributed by atoms with E-state index in [1.807, 2.05) is 44.2 Å². The van der Waals surface area contributed by atoms with Crippen molar-refractivity contribution in [1.82, 2.24) is 4.98 Å². The minimum Gasteiger partial charge on any atom is -0.466 e. The molecule has 3 nitrogen and oxygen atoms in total. The molecule has 2 rings (SSSR count). The number of aromatic nitrogens is 1. The normalized spacial score (nSPS) is 12.4. The molecule has 0 spiro atoms. The van der Waals surface area contributed by atoms with E-state index >= 15 is 0 Å². The Morgan fingerprint density at radius 1 is 1.41 bits per heavy atom. The number of esters is 1. The summed E-state index contributed by atoms with van der Waals surface area (Å²) in [5.74, 6) is -0.421. The lowest BCUT2D eigenvalue weighted by atomic mass is 9.99. The van der Waals surface area contributed by atoms with Crippen LogP contribution in [0.15, 0.2) is 36.5 Å². The molecular formula is C14H15NO2. The van der Waals surface area contributed by atoms with Crippen molar-refractivity contribution < 1.29 is 9.53 Å². The molecule has 1 heterocycles. The van der Waals surface area contributed by atoms with Crippen LogP contribution >= 0.6 is 0 Å². The lowest BCUT2D eigenvalue weighted by molar-refractivity contribution is -0.144. The van der Waals surface area contributed by atoms with E-state index in [0.717, 1.165) is 16.5 Å². The van der Waals surface area contributed by atoms with Crippen molar-refractivity contribution in [2.75, 3.05) is 6.61 Å². The summed E-state index contributed by atoms with van der Waals surface area (Å²) in [7, 11) is 0. The molecule has 0 aliphatic heterocycles. The van der Waals surface area contributed by atoms with Gasteiger partial charge in [-0.1, -0.05) is 12.1 Å². The fourth-order valence-corrected chi connectivity index (χ4v) is 1.77. The van der Waals surface area contributed by atoms with E-state index in [2.05, 4.69) is 4.98 Å². The van der Waals surface area contributed by atoms with Gasteiger partial charge in [-0.2, -0.15) is 0 Å². The maximum Gasteiger partial charge on any atom is 0.313 e. The van der Waals surface area contributed by atoms with Crippen LogP contribution in [0.1, 0.15) is 25.3 Å². The van der Waals surface area contributed by atoms with E-state index in [-0.39, 0.29) is 11.9 Å². The highest BCUT2D eigenvalue weighted by Crippen LogP contribution is 2.21. The first-order chi connectivity index (χ1) is 8.22. The van der Waals surface area contributed by atoms with E-state index in [9.17, 15) is 4.79 Å². The molecule has 0 radical (unpaired) electrons. The van der Waals surface area contributed by atoms with E-state index in [1.165, 1.54) is 0 Å². The molecule has 1 unspecified atom stereocenters. The number of nitrogens with zero attached hydrogens (tertiary/aromatic N) is 1. The molecule has 0 N–H and O–H groups in total. The number of hydrogen-bond donors (Lipinski definition) is 0. The average Bonchev–Trinajstić information content (AvgIpc) is 2.37. The molecule has 0 amide bonds. The van der Waals surface area contributed by atoms with Crippen LogP contribution in [0, 0.1) is 0 Å². The van der Waals surface area contributed by atoms with Crippen molar-refractivity contribution in [3.63, 3.8) is 0 Å². The molecule has 0 aliphatic rings. The van der Waals surface area contributed by atoms with Crippen LogP contribution in [0.2, 0.25) is 0 Å². The zero-order valence-electron chi connectivity index (χ0n) is 10.0. The average molecular weight is 229 g/mol. The molecule has 0 aliphatic carbocycles. The molecule has 0 saturated carbocycles. The third-order valence-electron chi connectivity index (χ3n) is 2.77. The Kier molecular flexibility index (Phi) is 3.38. The quantitative estimate of drug-likeness (QED) is 0.760. The first-order valence-electron chi connectivity index (χ1n) is 5.73. The maximum atomic E-state index is 11.6. The lowest BCUT2D eigenvalue weighted by Gasteiger charge is -2.11. The summed E-state index contributed by atoms with van der Waals surface area (Å²) in [6, 6.07) is 9.73. The van der Waals surface area contributed by atoms with Gasteiger partial charge < -0.3 is 4.74 Å². The molecule has 1 aromatic carbocycles. The summed E-state index contributed by atoms with van der Waals surface area (Å²) >= 11 is 0. The monoisotopic (exact) mass is 229 g/mol. The van der Waals surface area contributed by atoms with Gasteiger partial charge in [-0.25, -0.2) is 0 Å². The molecule has 1 aromatic heterocycles. The molecule has 2 aromatic rings. The number of pyridine rings is 1. The first-order valence-corrected chi connectivity index (χ1v) is 5.73. The van der Waals surface area contributed by atoms with Crippen molar-refractivity contribution in [2.24, 2.45) is 0 Å². The van der Waals surface area contributed by atoms with Crippen molar-refractivity contribution >= 4 is 16.9 Å². The standard InChI is InChI=1S/C14H15NO2/c1-3-17-14(16)10(2)11-6-7-13-12(9-11)5-4-8-15-13/h4-10H,3H2,1-2H3. The Morgan fingerprint density at radius 3 is 3.00 bits per heavy atom. The van der Waals surface area contributed by atoms with Gasteiger partial charge in [0.05, 0.1) is 18.0 Å². The van der Waals surface area contributed by atoms with Gasteiger partial charge in [0.25, 0.3) is 0 Å². The molecule has 88 valence electrons. The zero-order chi connectivity index (χ0) is 12.3. The topological polar surface area (TPSA) is 39.2 Å².